The summed E-state index contributed by atoms with van der Waals surface area (Å²) in [7, 11) is 0. The van der Waals surface area contributed by atoms with Gasteiger partial charge in [0.15, 0.2) is 0 Å². The monoisotopic (exact) mass is 409 g/mol. The summed E-state index contributed by atoms with van der Waals surface area (Å²) in [5, 5.41) is 6.07. The van der Waals surface area contributed by atoms with Gasteiger partial charge in [0.2, 0.25) is 11.8 Å². The topological polar surface area (TPSA) is 61.4 Å². The Bertz CT molecular complexity index is 674. The Morgan fingerprint density at radius 2 is 2.11 bits per heavy atom. The number of nitrogens with one attached hydrogen (secondary N) is 2. The van der Waals surface area contributed by atoms with Crippen LogP contribution in [0.2, 0.25) is 5.02 Å². The molecule has 2 amide bonds. The summed E-state index contributed by atoms with van der Waals surface area (Å²) in [6, 6.07) is 3.94. The Labute approximate surface area is 171 Å². The summed E-state index contributed by atoms with van der Waals surface area (Å²) in [6.07, 6.45) is 7.48. The smallest absolute Gasteiger partial charge is 0.237 e. The molecule has 7 heteroatoms. The van der Waals surface area contributed by atoms with Crippen molar-refractivity contribution >= 4 is 23.4 Å². The van der Waals surface area contributed by atoms with E-state index in [4.69, 9.17) is 11.6 Å². The maximum atomic E-state index is 14.1. The van der Waals surface area contributed by atoms with Crippen LogP contribution in [0, 0.1) is 11.7 Å². The first-order valence-corrected chi connectivity index (χ1v) is 10.6. The molecule has 1 heterocycles. The molecule has 0 spiro atoms. The molecule has 1 aliphatic carbocycles. The fourth-order valence-electron chi connectivity index (χ4n) is 4.23. The van der Waals surface area contributed by atoms with Crippen molar-refractivity contribution in [2.24, 2.45) is 5.92 Å². The van der Waals surface area contributed by atoms with Crippen LogP contribution in [-0.2, 0) is 16.1 Å². The number of carbonyl (C=O) groups is 2. The maximum absolute atomic E-state index is 14.1. The number of amides is 2. The second-order valence-electron chi connectivity index (χ2n) is 7.82. The Kier molecular flexibility index (Phi) is 7.68. The largest absolute Gasteiger partial charge is 0.356 e. The minimum Gasteiger partial charge on any atom is -0.356 e. The third-order valence-electron chi connectivity index (χ3n) is 5.83. The SMILES string of the molecule is O=C(CC1C(=O)NCCN1Cc1c(F)cccc1Cl)NCCCC1CCCC1. The highest BCUT2D eigenvalue weighted by Crippen LogP contribution is 2.28. The minimum absolute atomic E-state index is 0.0708. The van der Waals surface area contributed by atoms with Gasteiger partial charge in [0, 0.05) is 36.8 Å². The van der Waals surface area contributed by atoms with E-state index in [1.54, 1.807) is 12.1 Å². The second kappa shape index (κ2) is 10.2. The van der Waals surface area contributed by atoms with Gasteiger partial charge in [-0.2, -0.15) is 0 Å². The maximum Gasteiger partial charge on any atom is 0.237 e. The molecule has 1 saturated heterocycles. The molecule has 5 nitrogen and oxygen atoms in total. The Balaban J connectivity index is 1.51. The molecule has 0 aromatic heterocycles. The fraction of sp³-hybridized carbons (Fsp3) is 0.619. The zero-order chi connectivity index (χ0) is 19.9. The fourth-order valence-corrected chi connectivity index (χ4v) is 4.45. The molecule has 3 rings (SSSR count). The molecule has 154 valence electrons. The molecule has 28 heavy (non-hydrogen) atoms. The number of halogens is 2. The predicted molar refractivity (Wildman–Crippen MR) is 107 cm³/mol. The van der Waals surface area contributed by atoms with E-state index in [2.05, 4.69) is 10.6 Å². The molecular formula is C21H29ClFN3O2. The van der Waals surface area contributed by atoms with Gasteiger partial charge in [-0.15, -0.1) is 0 Å². The van der Waals surface area contributed by atoms with Crippen LogP contribution < -0.4 is 10.6 Å². The summed E-state index contributed by atoms with van der Waals surface area (Å²) in [5.41, 5.74) is 0.362. The lowest BCUT2D eigenvalue weighted by atomic mass is 10.0. The quantitative estimate of drug-likeness (QED) is 0.648. The van der Waals surface area contributed by atoms with Crippen molar-refractivity contribution in [2.75, 3.05) is 19.6 Å². The number of piperazine rings is 1. The number of hydrogen-bond acceptors (Lipinski definition) is 3. The van der Waals surface area contributed by atoms with E-state index in [9.17, 15) is 14.0 Å². The van der Waals surface area contributed by atoms with Gasteiger partial charge in [-0.05, 0) is 30.9 Å². The van der Waals surface area contributed by atoms with E-state index in [1.165, 1.54) is 31.7 Å². The summed E-state index contributed by atoms with van der Waals surface area (Å²) >= 11 is 6.13. The van der Waals surface area contributed by atoms with Crippen molar-refractivity contribution in [3.63, 3.8) is 0 Å². The molecule has 2 aliphatic rings. The van der Waals surface area contributed by atoms with E-state index < -0.39 is 11.9 Å². The molecule has 1 aliphatic heterocycles. The summed E-state index contributed by atoms with van der Waals surface area (Å²) in [6.45, 7) is 1.88. The number of nitrogens with zero attached hydrogens (tertiary/aromatic N) is 1. The molecule has 2 fully saturated rings. The van der Waals surface area contributed by atoms with E-state index in [0.717, 1.165) is 18.8 Å². The highest BCUT2D eigenvalue weighted by molar-refractivity contribution is 6.31. The normalized spacial score (nSPS) is 20.9. The zero-order valence-corrected chi connectivity index (χ0v) is 16.9. The van der Waals surface area contributed by atoms with Crippen LogP contribution in [0.4, 0.5) is 4.39 Å². The summed E-state index contributed by atoms with van der Waals surface area (Å²) < 4.78 is 14.1. The first kappa shape index (κ1) is 21.1. The number of carbonyl (C=O) groups excluding carboxylic acids is 2. The first-order chi connectivity index (χ1) is 13.5. The zero-order valence-electron chi connectivity index (χ0n) is 16.2. The van der Waals surface area contributed by atoms with Gasteiger partial charge in [-0.1, -0.05) is 43.4 Å². The Morgan fingerprint density at radius 3 is 2.86 bits per heavy atom. The van der Waals surface area contributed by atoms with Gasteiger partial charge in [0.25, 0.3) is 0 Å². The highest BCUT2D eigenvalue weighted by atomic mass is 35.5. The molecule has 1 aromatic carbocycles. The van der Waals surface area contributed by atoms with Crippen molar-refractivity contribution in [1.29, 1.82) is 0 Å². The highest BCUT2D eigenvalue weighted by Gasteiger charge is 2.32. The van der Waals surface area contributed by atoms with E-state index in [0.29, 0.717) is 30.2 Å². The van der Waals surface area contributed by atoms with Crippen LogP contribution in [-0.4, -0.2) is 42.4 Å². The third kappa shape index (κ3) is 5.67. The molecule has 1 unspecified atom stereocenters. The second-order valence-corrected chi connectivity index (χ2v) is 8.23. The van der Waals surface area contributed by atoms with Crippen LogP contribution in [0.25, 0.3) is 0 Å². The first-order valence-electron chi connectivity index (χ1n) is 10.3. The van der Waals surface area contributed by atoms with Crippen molar-refractivity contribution < 1.29 is 14.0 Å². The average molecular weight is 410 g/mol. The third-order valence-corrected chi connectivity index (χ3v) is 6.18. The predicted octanol–water partition coefficient (Wildman–Crippen LogP) is 3.26. The molecular weight excluding hydrogens is 381 g/mol. The number of rotatable bonds is 8. The molecule has 1 saturated carbocycles. The number of hydrogen-bond donors (Lipinski definition) is 2. The summed E-state index contributed by atoms with van der Waals surface area (Å²) in [5.74, 6) is 0.0774. The lowest BCUT2D eigenvalue weighted by molar-refractivity contribution is -0.134. The van der Waals surface area contributed by atoms with E-state index in [1.807, 2.05) is 4.90 Å². The van der Waals surface area contributed by atoms with Gasteiger partial charge in [0.1, 0.15) is 5.82 Å². The van der Waals surface area contributed by atoms with Gasteiger partial charge < -0.3 is 10.6 Å². The summed E-state index contributed by atoms with van der Waals surface area (Å²) in [4.78, 5) is 26.5. The average Bonchev–Trinajstić information content (AvgIpc) is 3.18. The van der Waals surface area contributed by atoms with Crippen molar-refractivity contribution in [2.45, 2.75) is 57.5 Å². The lowest BCUT2D eigenvalue weighted by Crippen LogP contribution is -2.56. The van der Waals surface area contributed by atoms with Crippen molar-refractivity contribution in [3.8, 4) is 0 Å². The van der Waals surface area contributed by atoms with Gasteiger partial charge >= 0.3 is 0 Å². The van der Waals surface area contributed by atoms with Gasteiger partial charge in [0.05, 0.1) is 12.5 Å². The Hall–Kier alpha value is -1.66. The van der Waals surface area contributed by atoms with Crippen LogP contribution in [0.1, 0.15) is 50.5 Å². The minimum atomic E-state index is -0.612. The van der Waals surface area contributed by atoms with Crippen molar-refractivity contribution in [3.05, 3.63) is 34.6 Å². The van der Waals surface area contributed by atoms with Crippen LogP contribution in [0.3, 0.4) is 0 Å². The standard InChI is InChI=1S/C21H29ClFN3O2/c22-17-8-3-9-18(23)16(17)14-26-12-11-25-21(28)19(26)13-20(27)24-10-4-7-15-5-1-2-6-15/h3,8-9,15,19H,1-2,4-7,10-14H2,(H,24,27)(H,25,28). The van der Waals surface area contributed by atoms with Gasteiger partial charge in [-0.3, -0.25) is 14.5 Å². The van der Waals surface area contributed by atoms with Gasteiger partial charge in [-0.25, -0.2) is 4.39 Å². The lowest BCUT2D eigenvalue weighted by Gasteiger charge is -2.35. The Morgan fingerprint density at radius 1 is 1.32 bits per heavy atom. The van der Waals surface area contributed by atoms with Crippen LogP contribution in [0.15, 0.2) is 18.2 Å². The van der Waals surface area contributed by atoms with Crippen LogP contribution in [0.5, 0.6) is 0 Å². The molecule has 2 N–H and O–H groups in total. The number of benzene rings is 1. The molecule has 0 radical (unpaired) electrons. The van der Waals surface area contributed by atoms with E-state index in [-0.39, 0.29) is 24.8 Å². The molecule has 1 aromatic rings. The van der Waals surface area contributed by atoms with Crippen LogP contribution >= 0.6 is 11.6 Å². The van der Waals surface area contributed by atoms with Crippen molar-refractivity contribution in [1.82, 2.24) is 15.5 Å². The molecule has 1 atom stereocenters. The molecule has 0 bridgehead atoms. The van der Waals surface area contributed by atoms with E-state index >= 15 is 0 Å².